The molecule has 0 radical (unpaired) electrons. The normalized spacial score (nSPS) is 13.2. The number of ether oxygens (including phenoxy) is 1. The van der Waals surface area contributed by atoms with Crippen LogP contribution < -0.4 is 5.32 Å². The molecule has 1 rings (SSSR count). The van der Waals surface area contributed by atoms with Crippen molar-refractivity contribution in [3.63, 3.8) is 0 Å². The fraction of sp³-hybridized carbons (Fsp3) is 0.700. The second kappa shape index (κ2) is 5.13. The highest BCUT2D eigenvalue weighted by Crippen LogP contribution is 2.07. The number of carbonyl (C=O) groups excluding carboxylic acids is 1. The van der Waals surface area contributed by atoms with E-state index >= 15 is 0 Å². The van der Waals surface area contributed by atoms with E-state index in [1.807, 2.05) is 0 Å². The average Bonchev–Trinajstić information content (AvgIpc) is 2.60. The summed E-state index contributed by atoms with van der Waals surface area (Å²) < 4.78 is 5.05. The van der Waals surface area contributed by atoms with Gasteiger partial charge in [0.05, 0.1) is 6.54 Å². The Labute approximate surface area is 99.6 Å². The molecule has 0 unspecified atom stereocenters. The summed E-state index contributed by atoms with van der Waals surface area (Å²) in [5, 5.41) is 18.1. The summed E-state index contributed by atoms with van der Waals surface area (Å²) in [6.45, 7) is 7.09. The second-order valence-corrected chi connectivity index (χ2v) is 4.67. The quantitative estimate of drug-likeness (QED) is 0.730. The van der Waals surface area contributed by atoms with Crippen LogP contribution in [-0.4, -0.2) is 32.0 Å². The molecular weight excluding hydrogens is 224 g/mol. The van der Waals surface area contributed by atoms with E-state index in [1.165, 1.54) is 0 Å². The summed E-state index contributed by atoms with van der Waals surface area (Å²) in [7, 11) is 0. The molecule has 96 valence electrons. The van der Waals surface area contributed by atoms with E-state index in [9.17, 15) is 9.90 Å². The predicted molar refractivity (Wildman–Crippen MR) is 60.1 cm³/mol. The molecule has 1 amide bonds. The van der Waals surface area contributed by atoms with E-state index in [2.05, 4.69) is 20.5 Å². The molecule has 0 aliphatic rings. The summed E-state index contributed by atoms with van der Waals surface area (Å²) in [4.78, 5) is 15.3. The number of carbonyl (C=O) groups is 1. The van der Waals surface area contributed by atoms with Crippen LogP contribution >= 0.6 is 0 Å². The summed E-state index contributed by atoms with van der Waals surface area (Å²) in [6, 6.07) is 0. The van der Waals surface area contributed by atoms with E-state index in [4.69, 9.17) is 4.74 Å². The number of aromatic nitrogens is 3. The van der Waals surface area contributed by atoms with Gasteiger partial charge < -0.3 is 15.2 Å². The van der Waals surface area contributed by atoms with E-state index in [-0.39, 0.29) is 6.54 Å². The van der Waals surface area contributed by atoms with Crippen LogP contribution in [0.2, 0.25) is 0 Å². The van der Waals surface area contributed by atoms with Gasteiger partial charge in [-0.25, -0.2) is 9.78 Å². The van der Waals surface area contributed by atoms with Gasteiger partial charge in [0.2, 0.25) is 0 Å². The molecule has 1 heterocycles. The number of nitrogens with zero attached hydrogens (tertiary/aromatic N) is 2. The highest BCUT2D eigenvalue weighted by Gasteiger charge is 2.16. The van der Waals surface area contributed by atoms with E-state index in [0.717, 1.165) is 0 Å². The maximum Gasteiger partial charge on any atom is 0.408 e. The van der Waals surface area contributed by atoms with E-state index in [1.54, 1.807) is 27.7 Å². The molecule has 1 aromatic rings. The number of aliphatic hydroxyl groups is 1. The van der Waals surface area contributed by atoms with Gasteiger partial charge in [-0.2, -0.15) is 5.10 Å². The van der Waals surface area contributed by atoms with Gasteiger partial charge in [0.1, 0.15) is 17.5 Å². The van der Waals surface area contributed by atoms with Gasteiger partial charge in [-0.3, -0.25) is 5.10 Å². The highest BCUT2D eigenvalue weighted by molar-refractivity contribution is 5.67. The number of amides is 1. The third-order valence-electron chi connectivity index (χ3n) is 1.72. The first-order valence-corrected chi connectivity index (χ1v) is 5.34. The first-order valence-electron chi connectivity index (χ1n) is 5.34. The third kappa shape index (κ3) is 4.81. The molecule has 17 heavy (non-hydrogen) atoms. The highest BCUT2D eigenvalue weighted by atomic mass is 16.6. The van der Waals surface area contributed by atoms with Crippen molar-refractivity contribution in [2.24, 2.45) is 0 Å². The van der Waals surface area contributed by atoms with Crippen molar-refractivity contribution in [1.29, 1.82) is 0 Å². The Morgan fingerprint density at radius 3 is 2.71 bits per heavy atom. The Bertz CT molecular complexity index is 381. The number of aromatic amines is 1. The topological polar surface area (TPSA) is 100 Å². The number of H-pyrrole nitrogens is 1. The summed E-state index contributed by atoms with van der Waals surface area (Å²) in [6.07, 6.45) is -1.26. The minimum absolute atomic E-state index is 0.175. The molecule has 3 N–H and O–H groups in total. The molecule has 0 fully saturated rings. The molecule has 7 heteroatoms. The maximum atomic E-state index is 11.3. The first kappa shape index (κ1) is 13.4. The van der Waals surface area contributed by atoms with Crippen LogP contribution in [0.1, 0.15) is 45.4 Å². The fourth-order valence-corrected chi connectivity index (χ4v) is 1.05. The molecule has 0 saturated carbocycles. The van der Waals surface area contributed by atoms with Gasteiger partial charge in [0.25, 0.3) is 0 Å². The van der Waals surface area contributed by atoms with Crippen LogP contribution in [0, 0.1) is 0 Å². The van der Waals surface area contributed by atoms with Crippen LogP contribution in [0.25, 0.3) is 0 Å². The third-order valence-corrected chi connectivity index (χ3v) is 1.72. The second-order valence-electron chi connectivity index (χ2n) is 4.67. The first-order chi connectivity index (χ1) is 7.78. The Balaban J connectivity index is 2.42. The van der Waals surface area contributed by atoms with Crippen molar-refractivity contribution < 1.29 is 14.6 Å². The summed E-state index contributed by atoms with van der Waals surface area (Å²) >= 11 is 0. The van der Waals surface area contributed by atoms with Crippen molar-refractivity contribution >= 4 is 6.09 Å². The molecular formula is C10H18N4O3. The molecule has 1 atom stereocenters. The van der Waals surface area contributed by atoms with Gasteiger partial charge in [0, 0.05) is 0 Å². The lowest BCUT2D eigenvalue weighted by atomic mass is 10.2. The molecule has 0 aliphatic heterocycles. The number of hydrogen-bond donors (Lipinski definition) is 3. The molecule has 0 aliphatic carbocycles. The van der Waals surface area contributed by atoms with Crippen molar-refractivity contribution in [2.45, 2.75) is 45.9 Å². The zero-order valence-electron chi connectivity index (χ0n) is 10.4. The molecule has 0 saturated heterocycles. The Morgan fingerprint density at radius 2 is 2.24 bits per heavy atom. The molecule has 0 bridgehead atoms. The minimum Gasteiger partial charge on any atom is -0.444 e. The van der Waals surface area contributed by atoms with Crippen LogP contribution in [0.4, 0.5) is 4.79 Å². The number of hydrogen-bond acceptors (Lipinski definition) is 5. The zero-order chi connectivity index (χ0) is 13.1. The molecule has 0 aromatic carbocycles. The van der Waals surface area contributed by atoms with Crippen LogP contribution in [0.15, 0.2) is 0 Å². The van der Waals surface area contributed by atoms with E-state index < -0.39 is 17.8 Å². The average molecular weight is 242 g/mol. The Kier molecular flexibility index (Phi) is 4.06. The Morgan fingerprint density at radius 1 is 1.59 bits per heavy atom. The maximum absolute atomic E-state index is 11.3. The van der Waals surface area contributed by atoms with Crippen LogP contribution in [0.5, 0.6) is 0 Å². The lowest BCUT2D eigenvalue weighted by Crippen LogP contribution is -2.32. The van der Waals surface area contributed by atoms with Crippen molar-refractivity contribution in [2.75, 3.05) is 0 Å². The lowest BCUT2D eigenvalue weighted by molar-refractivity contribution is 0.0522. The van der Waals surface area contributed by atoms with Crippen molar-refractivity contribution in [1.82, 2.24) is 20.5 Å². The van der Waals surface area contributed by atoms with Crippen molar-refractivity contribution in [3.05, 3.63) is 11.6 Å². The van der Waals surface area contributed by atoms with Gasteiger partial charge >= 0.3 is 6.09 Å². The number of alkyl carbamates (subject to hydrolysis) is 1. The Hall–Kier alpha value is -1.63. The standard InChI is InChI=1S/C10H18N4O3/c1-6(15)8-12-7(13-14-8)5-11-9(16)17-10(2,3)4/h6,15H,5H2,1-4H3,(H,11,16)(H,12,13,14)/t6-/m1/s1. The van der Waals surface area contributed by atoms with Gasteiger partial charge in [-0.1, -0.05) is 0 Å². The minimum atomic E-state index is -0.735. The number of rotatable bonds is 3. The summed E-state index contributed by atoms with van der Waals surface area (Å²) in [5.74, 6) is 0.762. The molecule has 1 aromatic heterocycles. The molecule has 0 spiro atoms. The lowest BCUT2D eigenvalue weighted by Gasteiger charge is -2.19. The number of aliphatic hydroxyl groups excluding tert-OH is 1. The van der Waals surface area contributed by atoms with Crippen LogP contribution in [-0.2, 0) is 11.3 Å². The van der Waals surface area contributed by atoms with Crippen LogP contribution in [0.3, 0.4) is 0 Å². The van der Waals surface area contributed by atoms with E-state index in [0.29, 0.717) is 11.6 Å². The van der Waals surface area contributed by atoms with Crippen molar-refractivity contribution in [3.8, 4) is 0 Å². The van der Waals surface area contributed by atoms with Gasteiger partial charge in [-0.05, 0) is 27.7 Å². The number of nitrogens with one attached hydrogen (secondary N) is 2. The monoisotopic (exact) mass is 242 g/mol. The predicted octanol–water partition coefficient (Wildman–Crippen LogP) is 0.883. The summed E-state index contributed by atoms with van der Waals surface area (Å²) in [5.41, 5.74) is -0.531. The van der Waals surface area contributed by atoms with Gasteiger partial charge in [0.15, 0.2) is 5.82 Å². The van der Waals surface area contributed by atoms with Gasteiger partial charge in [-0.15, -0.1) is 0 Å². The smallest absolute Gasteiger partial charge is 0.408 e. The largest absolute Gasteiger partial charge is 0.444 e. The SMILES string of the molecule is C[C@@H](O)c1n[nH]c(CNC(=O)OC(C)(C)C)n1. The zero-order valence-corrected chi connectivity index (χ0v) is 10.4. The molecule has 7 nitrogen and oxygen atoms in total. The fourth-order valence-electron chi connectivity index (χ4n) is 1.05.